The first-order valence-corrected chi connectivity index (χ1v) is 8.12. The van der Waals surface area contributed by atoms with Crippen molar-refractivity contribution in [2.75, 3.05) is 13.3 Å². The topological polar surface area (TPSA) is 33.2 Å². The summed E-state index contributed by atoms with van der Waals surface area (Å²) in [7, 11) is 1.76. The zero-order valence-electron chi connectivity index (χ0n) is 12.3. The van der Waals surface area contributed by atoms with Crippen LogP contribution in [-0.4, -0.2) is 29.1 Å². The molecule has 0 aliphatic heterocycles. The van der Waals surface area contributed by atoms with Gasteiger partial charge >= 0.3 is 0 Å². The predicted octanol–water partition coefficient (Wildman–Crippen LogP) is 4.04. The predicted molar refractivity (Wildman–Crippen MR) is 88.0 cm³/mol. The van der Waals surface area contributed by atoms with Crippen molar-refractivity contribution >= 4 is 29.3 Å². The molecule has 0 N–H and O–H groups in total. The summed E-state index contributed by atoms with van der Waals surface area (Å²) in [5.74, 6) is -0.124. The number of aromatic nitrogens is 1. The Bertz CT molecular complexity index is 643. The fraction of sp³-hybridized carbons (Fsp3) is 0.250. The van der Waals surface area contributed by atoms with Crippen LogP contribution in [0.1, 0.15) is 21.6 Å². The van der Waals surface area contributed by atoms with Crippen LogP contribution in [0.25, 0.3) is 0 Å². The Morgan fingerprint density at radius 3 is 2.57 bits per heavy atom. The van der Waals surface area contributed by atoms with Gasteiger partial charge in [-0.05, 0) is 36.9 Å². The van der Waals surface area contributed by atoms with E-state index in [-0.39, 0.29) is 5.91 Å². The van der Waals surface area contributed by atoms with Crippen LogP contribution in [0.5, 0.6) is 0 Å². The highest BCUT2D eigenvalue weighted by molar-refractivity contribution is 7.98. The van der Waals surface area contributed by atoms with Crippen LogP contribution in [0, 0.1) is 6.92 Å². The Hall–Kier alpha value is -1.52. The minimum atomic E-state index is -0.124. The third kappa shape index (κ3) is 3.99. The molecule has 0 spiro atoms. The van der Waals surface area contributed by atoms with Gasteiger partial charge in [-0.2, -0.15) is 0 Å². The van der Waals surface area contributed by atoms with Gasteiger partial charge in [0.25, 0.3) is 5.91 Å². The second kappa shape index (κ2) is 6.96. The molecule has 1 aromatic carbocycles. The summed E-state index contributed by atoms with van der Waals surface area (Å²) in [4.78, 5) is 19.4. The first-order chi connectivity index (χ1) is 10.0. The number of rotatable bonds is 4. The molecule has 21 heavy (non-hydrogen) atoms. The maximum absolute atomic E-state index is 12.4. The van der Waals surface area contributed by atoms with E-state index in [9.17, 15) is 4.79 Å². The summed E-state index contributed by atoms with van der Waals surface area (Å²) < 4.78 is 0. The maximum Gasteiger partial charge on any atom is 0.256 e. The molecule has 0 atom stereocenters. The van der Waals surface area contributed by atoms with E-state index < -0.39 is 0 Å². The van der Waals surface area contributed by atoms with Crippen LogP contribution in [-0.2, 0) is 6.54 Å². The van der Waals surface area contributed by atoms with Gasteiger partial charge in [0.2, 0.25) is 0 Å². The molecule has 5 heteroatoms. The molecule has 0 saturated heterocycles. The average molecular weight is 321 g/mol. The number of hydrogen-bond donors (Lipinski definition) is 0. The van der Waals surface area contributed by atoms with E-state index in [0.29, 0.717) is 17.1 Å². The minimum absolute atomic E-state index is 0.124. The summed E-state index contributed by atoms with van der Waals surface area (Å²) in [6.07, 6.45) is 3.57. The Balaban J connectivity index is 2.11. The Morgan fingerprint density at radius 1 is 1.33 bits per heavy atom. The smallest absolute Gasteiger partial charge is 0.256 e. The molecule has 0 fully saturated rings. The molecular weight excluding hydrogens is 304 g/mol. The van der Waals surface area contributed by atoms with Crippen molar-refractivity contribution in [1.82, 2.24) is 9.88 Å². The molecular formula is C16H17ClN2OS. The Kier molecular flexibility index (Phi) is 5.26. The van der Waals surface area contributed by atoms with E-state index in [4.69, 9.17) is 11.6 Å². The van der Waals surface area contributed by atoms with Gasteiger partial charge in [0.05, 0.1) is 10.6 Å². The molecule has 1 aromatic heterocycles. The maximum atomic E-state index is 12.4. The molecule has 0 aliphatic carbocycles. The van der Waals surface area contributed by atoms with E-state index in [1.54, 1.807) is 29.8 Å². The van der Waals surface area contributed by atoms with E-state index in [1.165, 1.54) is 11.1 Å². The van der Waals surface area contributed by atoms with Crippen molar-refractivity contribution in [3.63, 3.8) is 0 Å². The monoisotopic (exact) mass is 320 g/mol. The van der Waals surface area contributed by atoms with Gasteiger partial charge in [0.1, 0.15) is 0 Å². The largest absolute Gasteiger partial charge is 0.337 e. The number of amides is 1. The van der Waals surface area contributed by atoms with Crippen LogP contribution in [0.15, 0.2) is 41.4 Å². The number of benzene rings is 1. The number of nitrogens with zero attached hydrogens (tertiary/aromatic N) is 2. The van der Waals surface area contributed by atoms with Crippen molar-refractivity contribution in [2.24, 2.45) is 0 Å². The highest BCUT2D eigenvalue weighted by Crippen LogP contribution is 2.19. The molecule has 2 rings (SSSR count). The van der Waals surface area contributed by atoms with Crippen LogP contribution in [0.2, 0.25) is 5.02 Å². The fourth-order valence-corrected chi connectivity index (χ4v) is 2.66. The van der Waals surface area contributed by atoms with Crippen LogP contribution < -0.4 is 0 Å². The molecule has 3 nitrogen and oxygen atoms in total. The summed E-state index contributed by atoms with van der Waals surface area (Å²) in [6.45, 7) is 2.38. The molecule has 0 bridgehead atoms. The number of halogens is 1. The van der Waals surface area contributed by atoms with Gasteiger partial charge < -0.3 is 4.90 Å². The van der Waals surface area contributed by atoms with E-state index in [0.717, 1.165) is 11.3 Å². The van der Waals surface area contributed by atoms with Crippen molar-refractivity contribution in [2.45, 2.75) is 18.4 Å². The summed E-state index contributed by atoms with van der Waals surface area (Å²) in [5, 5.41) is 0.442. The van der Waals surface area contributed by atoms with Gasteiger partial charge in [-0.1, -0.05) is 23.7 Å². The molecule has 0 saturated carbocycles. The van der Waals surface area contributed by atoms with Crippen molar-refractivity contribution in [3.8, 4) is 0 Å². The molecule has 110 valence electrons. The van der Waals surface area contributed by atoms with E-state index in [1.807, 2.05) is 25.3 Å². The zero-order valence-corrected chi connectivity index (χ0v) is 13.8. The van der Waals surface area contributed by atoms with Crippen molar-refractivity contribution in [3.05, 3.63) is 58.4 Å². The third-order valence-electron chi connectivity index (χ3n) is 3.15. The Morgan fingerprint density at radius 2 is 2.00 bits per heavy atom. The zero-order chi connectivity index (χ0) is 15.4. The van der Waals surface area contributed by atoms with Gasteiger partial charge in [-0.15, -0.1) is 11.8 Å². The van der Waals surface area contributed by atoms with Crippen LogP contribution in [0.4, 0.5) is 0 Å². The highest BCUT2D eigenvalue weighted by atomic mass is 35.5. The quantitative estimate of drug-likeness (QED) is 0.797. The molecule has 1 amide bonds. The molecule has 0 radical (unpaired) electrons. The van der Waals surface area contributed by atoms with Gasteiger partial charge in [0, 0.05) is 30.4 Å². The highest BCUT2D eigenvalue weighted by Gasteiger charge is 2.16. The lowest BCUT2D eigenvalue weighted by molar-refractivity contribution is 0.0785. The van der Waals surface area contributed by atoms with Gasteiger partial charge in [0.15, 0.2) is 0 Å². The van der Waals surface area contributed by atoms with E-state index in [2.05, 4.69) is 17.1 Å². The molecule has 2 aromatic rings. The van der Waals surface area contributed by atoms with Crippen molar-refractivity contribution in [1.29, 1.82) is 0 Å². The minimum Gasteiger partial charge on any atom is -0.337 e. The number of hydrogen-bond acceptors (Lipinski definition) is 3. The summed E-state index contributed by atoms with van der Waals surface area (Å²) >= 11 is 7.82. The molecule has 1 heterocycles. The number of thioether (sulfide) groups is 1. The lowest BCUT2D eigenvalue weighted by Gasteiger charge is -2.18. The fourth-order valence-electron chi connectivity index (χ4n) is 1.97. The second-order valence-electron chi connectivity index (χ2n) is 4.81. The summed E-state index contributed by atoms with van der Waals surface area (Å²) in [5.41, 5.74) is 2.32. The second-order valence-corrected chi connectivity index (χ2v) is 6.10. The standard InChI is InChI=1S/C16H17ClN2OS/c1-11-8-15(17)14(9-18-11)16(20)19(2)10-12-4-6-13(21-3)7-5-12/h4-9H,10H2,1-3H3. The van der Waals surface area contributed by atoms with E-state index >= 15 is 0 Å². The number of carbonyl (C=O) groups is 1. The molecule has 0 aliphatic rings. The number of pyridine rings is 1. The lowest BCUT2D eigenvalue weighted by Crippen LogP contribution is -2.26. The average Bonchev–Trinajstić information content (AvgIpc) is 2.47. The Labute approximate surface area is 134 Å². The molecule has 0 unspecified atom stereocenters. The van der Waals surface area contributed by atoms with Crippen molar-refractivity contribution < 1.29 is 4.79 Å². The number of carbonyl (C=O) groups excluding carboxylic acids is 1. The first-order valence-electron chi connectivity index (χ1n) is 6.52. The van der Waals surface area contributed by atoms with Gasteiger partial charge in [-0.25, -0.2) is 0 Å². The normalized spacial score (nSPS) is 10.5. The SMILES string of the molecule is CSc1ccc(CN(C)C(=O)c2cnc(C)cc2Cl)cc1. The van der Waals surface area contributed by atoms with Crippen LogP contribution in [0.3, 0.4) is 0 Å². The lowest BCUT2D eigenvalue weighted by atomic mass is 10.2. The third-order valence-corrected chi connectivity index (χ3v) is 4.20. The van der Waals surface area contributed by atoms with Crippen LogP contribution >= 0.6 is 23.4 Å². The summed E-state index contributed by atoms with van der Waals surface area (Å²) in [6, 6.07) is 9.88. The van der Waals surface area contributed by atoms with Gasteiger partial charge in [-0.3, -0.25) is 9.78 Å². The first kappa shape index (κ1) is 15.9. The number of aryl methyl sites for hydroxylation is 1.